The van der Waals surface area contributed by atoms with E-state index in [0.717, 1.165) is 0 Å². The molecule has 0 saturated carbocycles. The molecule has 112 valence electrons. The minimum absolute atomic E-state index is 0.123. The first-order valence-corrected chi connectivity index (χ1v) is 7.08. The molecule has 0 heterocycles. The average Bonchev–Trinajstić information content (AvgIpc) is 2.37. The van der Waals surface area contributed by atoms with Crippen molar-refractivity contribution >= 4 is 17.1 Å². The molecule has 1 aromatic carbocycles. The highest BCUT2D eigenvalue weighted by atomic mass is 32.2. The van der Waals surface area contributed by atoms with Crippen LogP contribution in [0, 0.1) is 0 Å². The zero-order chi connectivity index (χ0) is 15.2. The second-order valence-corrected chi connectivity index (χ2v) is 5.32. The molecule has 0 saturated heterocycles. The van der Waals surface area contributed by atoms with Gasteiger partial charge in [-0.25, -0.2) is 0 Å². The van der Waals surface area contributed by atoms with Gasteiger partial charge in [-0.05, 0) is 38.1 Å². The van der Waals surface area contributed by atoms with Crippen LogP contribution in [0.4, 0.5) is 0 Å². The zero-order valence-electron chi connectivity index (χ0n) is 11.4. The van der Waals surface area contributed by atoms with Gasteiger partial charge in [-0.2, -0.15) is 4.21 Å². The molecular formula is C13H18O6S. The van der Waals surface area contributed by atoms with Crippen LogP contribution in [0.15, 0.2) is 24.3 Å². The second kappa shape index (κ2) is 7.49. The van der Waals surface area contributed by atoms with Crippen molar-refractivity contribution in [3.63, 3.8) is 0 Å². The summed E-state index contributed by atoms with van der Waals surface area (Å²) in [6.45, 7) is 3.32. The third-order valence-electron chi connectivity index (χ3n) is 2.41. The van der Waals surface area contributed by atoms with Gasteiger partial charge in [-0.3, -0.25) is 13.5 Å². The Labute approximate surface area is 120 Å². The molecule has 1 rings (SSSR count). The number of hydrogen-bond donors (Lipinski definition) is 2. The molecule has 0 aliphatic heterocycles. The van der Waals surface area contributed by atoms with Gasteiger partial charge < -0.3 is 9.84 Å². The lowest BCUT2D eigenvalue weighted by molar-refractivity contribution is 0.0488. The number of hydrogen-bond acceptors (Lipinski definition) is 5. The highest BCUT2D eigenvalue weighted by Gasteiger charge is 2.24. The molecule has 0 aliphatic carbocycles. The Morgan fingerprint density at radius 3 is 2.35 bits per heavy atom. The van der Waals surface area contributed by atoms with Crippen molar-refractivity contribution < 1.29 is 27.6 Å². The van der Waals surface area contributed by atoms with Gasteiger partial charge in [-0.1, -0.05) is 0 Å². The fraction of sp³-hybridized carbons (Fsp3) is 0.462. The number of aliphatic hydroxyl groups is 1. The Bertz CT molecular complexity index is 463. The van der Waals surface area contributed by atoms with Gasteiger partial charge in [-0.15, -0.1) is 0 Å². The first-order chi connectivity index (χ1) is 9.30. The van der Waals surface area contributed by atoms with Crippen molar-refractivity contribution in [2.45, 2.75) is 25.9 Å². The quantitative estimate of drug-likeness (QED) is 0.430. The topological polar surface area (TPSA) is 93.1 Å². The van der Waals surface area contributed by atoms with Gasteiger partial charge in [0.2, 0.25) is 0 Å². The van der Waals surface area contributed by atoms with E-state index < -0.39 is 17.0 Å². The van der Waals surface area contributed by atoms with E-state index in [1.165, 1.54) is 13.8 Å². The third kappa shape index (κ3) is 5.79. The fourth-order valence-electron chi connectivity index (χ4n) is 1.43. The molecule has 1 atom stereocenters. The monoisotopic (exact) mass is 302 g/mol. The van der Waals surface area contributed by atoms with E-state index >= 15 is 0 Å². The SMILES string of the molecule is CC(C)(O)C(=O)c1ccc(OCCCOS(=O)O)cc1. The van der Waals surface area contributed by atoms with Crippen LogP contribution in [0.1, 0.15) is 30.6 Å². The minimum atomic E-state index is -2.25. The number of Topliss-reactive ketones (excluding diaryl/α,β-unsaturated/α-hetero) is 1. The van der Waals surface area contributed by atoms with Crippen LogP contribution in [0.2, 0.25) is 0 Å². The third-order valence-corrected chi connectivity index (χ3v) is 2.78. The van der Waals surface area contributed by atoms with Gasteiger partial charge in [0.1, 0.15) is 11.4 Å². The maximum atomic E-state index is 11.8. The molecule has 0 aromatic heterocycles. The van der Waals surface area contributed by atoms with Crippen molar-refractivity contribution in [1.29, 1.82) is 0 Å². The van der Waals surface area contributed by atoms with Gasteiger partial charge in [0, 0.05) is 12.0 Å². The summed E-state index contributed by atoms with van der Waals surface area (Å²) < 4.78 is 28.4. The van der Waals surface area contributed by atoms with Crippen LogP contribution in [-0.4, -0.2) is 38.5 Å². The van der Waals surface area contributed by atoms with Crippen molar-refractivity contribution in [3.05, 3.63) is 29.8 Å². The number of ether oxygens (including phenoxy) is 1. The summed E-state index contributed by atoms with van der Waals surface area (Å²) in [6.07, 6.45) is 0.469. The van der Waals surface area contributed by atoms with E-state index in [9.17, 15) is 14.1 Å². The first kappa shape index (κ1) is 16.8. The van der Waals surface area contributed by atoms with Gasteiger partial charge >= 0.3 is 11.4 Å². The highest BCUT2D eigenvalue weighted by molar-refractivity contribution is 7.74. The van der Waals surface area contributed by atoms with Crippen molar-refractivity contribution in [2.75, 3.05) is 13.2 Å². The van der Waals surface area contributed by atoms with E-state index in [1.54, 1.807) is 24.3 Å². The molecule has 7 heteroatoms. The lowest BCUT2D eigenvalue weighted by atomic mass is 9.97. The molecule has 20 heavy (non-hydrogen) atoms. The van der Waals surface area contributed by atoms with Crippen LogP contribution < -0.4 is 4.74 Å². The normalized spacial score (nSPS) is 13.0. The van der Waals surface area contributed by atoms with E-state index in [2.05, 4.69) is 4.18 Å². The van der Waals surface area contributed by atoms with Crippen LogP contribution in [0.5, 0.6) is 5.75 Å². The van der Waals surface area contributed by atoms with E-state index in [1.807, 2.05) is 0 Å². The molecule has 0 radical (unpaired) electrons. The van der Waals surface area contributed by atoms with E-state index in [4.69, 9.17) is 9.29 Å². The summed E-state index contributed by atoms with van der Waals surface area (Å²) in [5.74, 6) is 0.213. The summed E-state index contributed by atoms with van der Waals surface area (Å²) in [5, 5.41) is 9.61. The van der Waals surface area contributed by atoms with Gasteiger partial charge in [0.05, 0.1) is 13.2 Å². The molecule has 0 fully saturated rings. The smallest absolute Gasteiger partial charge is 0.301 e. The Morgan fingerprint density at radius 2 is 1.85 bits per heavy atom. The molecule has 0 aliphatic rings. The molecular weight excluding hydrogens is 284 g/mol. The summed E-state index contributed by atoms with van der Waals surface area (Å²) in [5.41, 5.74) is -0.997. The summed E-state index contributed by atoms with van der Waals surface area (Å²) in [7, 11) is 0. The van der Waals surface area contributed by atoms with Crippen LogP contribution >= 0.6 is 0 Å². The number of carbonyl (C=O) groups excluding carboxylic acids is 1. The summed E-state index contributed by atoms with van der Waals surface area (Å²) in [4.78, 5) is 11.8. The van der Waals surface area contributed by atoms with Crippen molar-refractivity contribution in [3.8, 4) is 5.75 Å². The number of rotatable bonds is 8. The Morgan fingerprint density at radius 1 is 1.25 bits per heavy atom. The van der Waals surface area contributed by atoms with Gasteiger partial charge in [0.25, 0.3) is 0 Å². The predicted molar refractivity (Wildman–Crippen MR) is 73.9 cm³/mol. The Balaban J connectivity index is 2.43. The largest absolute Gasteiger partial charge is 0.494 e. The molecule has 1 unspecified atom stereocenters. The molecule has 0 bridgehead atoms. The maximum absolute atomic E-state index is 11.8. The minimum Gasteiger partial charge on any atom is -0.494 e. The van der Waals surface area contributed by atoms with Crippen LogP contribution in [0.25, 0.3) is 0 Å². The number of ketones is 1. The predicted octanol–water partition coefficient (Wildman–Crippen LogP) is 1.56. The molecule has 1 aromatic rings. The van der Waals surface area contributed by atoms with E-state index in [0.29, 0.717) is 24.3 Å². The van der Waals surface area contributed by atoms with E-state index in [-0.39, 0.29) is 12.4 Å². The molecule has 0 spiro atoms. The Kier molecular flexibility index (Phi) is 6.28. The average molecular weight is 302 g/mol. The molecule has 6 nitrogen and oxygen atoms in total. The lowest BCUT2D eigenvalue weighted by Crippen LogP contribution is -2.30. The van der Waals surface area contributed by atoms with Crippen LogP contribution in [-0.2, 0) is 15.5 Å². The summed E-state index contributed by atoms with van der Waals surface area (Å²) >= 11 is -2.25. The van der Waals surface area contributed by atoms with Crippen molar-refractivity contribution in [2.24, 2.45) is 0 Å². The zero-order valence-corrected chi connectivity index (χ0v) is 12.2. The summed E-state index contributed by atoms with van der Waals surface area (Å²) in [6, 6.07) is 6.41. The standard InChI is InChI=1S/C13H18O6S/c1-13(2,15)12(14)10-4-6-11(7-5-10)18-8-3-9-19-20(16)17/h4-7,15H,3,8-9H2,1-2H3,(H,16,17). The molecule has 0 amide bonds. The highest BCUT2D eigenvalue weighted by Crippen LogP contribution is 2.17. The fourth-order valence-corrected chi connectivity index (χ4v) is 1.70. The second-order valence-electron chi connectivity index (χ2n) is 4.65. The Hall–Kier alpha value is -1.28. The van der Waals surface area contributed by atoms with Gasteiger partial charge in [0.15, 0.2) is 5.78 Å². The number of carbonyl (C=O) groups is 1. The van der Waals surface area contributed by atoms with Crippen LogP contribution in [0.3, 0.4) is 0 Å². The van der Waals surface area contributed by atoms with Crippen molar-refractivity contribution in [1.82, 2.24) is 0 Å². The molecule has 2 N–H and O–H groups in total. The first-order valence-electron chi connectivity index (χ1n) is 6.05. The lowest BCUT2D eigenvalue weighted by Gasteiger charge is -2.15. The maximum Gasteiger partial charge on any atom is 0.301 e. The number of benzene rings is 1.